The fourth-order valence-electron chi connectivity index (χ4n) is 4.03. The number of carbonyl (C=O) groups is 1. The first kappa shape index (κ1) is 22.8. The average Bonchev–Trinajstić information content (AvgIpc) is 2.81. The minimum absolute atomic E-state index is 0.0567. The zero-order valence-electron chi connectivity index (χ0n) is 18.4. The van der Waals surface area contributed by atoms with Gasteiger partial charge in [-0.25, -0.2) is 13.2 Å². The summed E-state index contributed by atoms with van der Waals surface area (Å²) in [5.74, 6) is -3.60. The van der Waals surface area contributed by atoms with E-state index >= 15 is 0 Å². The van der Waals surface area contributed by atoms with Crippen LogP contribution in [0.1, 0.15) is 44.2 Å². The molecule has 0 spiro atoms. The van der Waals surface area contributed by atoms with Gasteiger partial charge in [0.15, 0.2) is 5.66 Å². The lowest BCUT2D eigenvalue weighted by Gasteiger charge is -2.40. The molecule has 8 heteroatoms. The molecule has 1 aliphatic carbocycles. The Bertz CT molecular complexity index is 1120. The Morgan fingerprint density at radius 1 is 1.18 bits per heavy atom. The van der Waals surface area contributed by atoms with Crippen molar-refractivity contribution in [1.29, 1.82) is 0 Å². The normalized spacial score (nSPS) is 22.1. The average molecular weight is 454 g/mol. The predicted octanol–water partition coefficient (Wildman–Crippen LogP) is 4.93. The van der Waals surface area contributed by atoms with Crippen molar-refractivity contribution in [1.82, 2.24) is 15.6 Å². The monoisotopic (exact) mass is 454 g/mol. The number of nitrogens with zero attached hydrogens (tertiary/aromatic N) is 2. The highest BCUT2D eigenvalue weighted by Crippen LogP contribution is 2.37. The van der Waals surface area contributed by atoms with E-state index in [1.54, 1.807) is 30.6 Å². The van der Waals surface area contributed by atoms with Crippen molar-refractivity contribution in [2.45, 2.75) is 44.7 Å². The minimum Gasteiger partial charge on any atom is -0.356 e. The third kappa shape index (κ3) is 4.69. The zero-order valence-corrected chi connectivity index (χ0v) is 18.4. The minimum atomic E-state index is -2.74. The molecule has 4 rings (SSSR count). The van der Waals surface area contributed by atoms with Gasteiger partial charge in [0.1, 0.15) is 5.82 Å². The zero-order chi connectivity index (χ0) is 23.6. The summed E-state index contributed by atoms with van der Waals surface area (Å²) in [6, 6.07) is 9.65. The van der Waals surface area contributed by atoms with E-state index in [0.717, 1.165) is 5.56 Å². The van der Waals surface area contributed by atoms with Crippen molar-refractivity contribution < 1.29 is 18.0 Å². The van der Waals surface area contributed by atoms with Gasteiger partial charge in [-0.2, -0.15) is 0 Å². The molecule has 1 aliphatic heterocycles. The van der Waals surface area contributed by atoms with Gasteiger partial charge >= 0.3 is 0 Å². The third-order valence-electron chi connectivity index (χ3n) is 5.98. The van der Waals surface area contributed by atoms with Crippen molar-refractivity contribution in [2.24, 2.45) is 10.9 Å². The molecule has 0 radical (unpaired) electrons. The van der Waals surface area contributed by atoms with Gasteiger partial charge in [-0.05, 0) is 36.2 Å². The third-order valence-corrected chi connectivity index (χ3v) is 5.98. The Labute approximate surface area is 190 Å². The summed E-state index contributed by atoms with van der Waals surface area (Å²) in [7, 11) is 0. The number of hydrogen-bond acceptors (Lipinski definition) is 4. The van der Waals surface area contributed by atoms with E-state index in [1.165, 1.54) is 24.4 Å². The van der Waals surface area contributed by atoms with Crippen LogP contribution < -0.4 is 10.6 Å². The van der Waals surface area contributed by atoms with Crippen LogP contribution in [0.2, 0.25) is 0 Å². The lowest BCUT2D eigenvalue weighted by atomic mass is 9.86. The van der Waals surface area contributed by atoms with Crippen molar-refractivity contribution >= 4 is 17.8 Å². The molecule has 2 aromatic rings. The SMILES string of the molecule is CC(C)C1(c2ccc(F)cc2)N=CC(C(=O)NC2=CCC(F)(F)CC2)=C(c2cccnc2)N1. The lowest BCUT2D eigenvalue weighted by Crippen LogP contribution is -2.48. The first-order chi connectivity index (χ1) is 15.7. The van der Waals surface area contributed by atoms with Crippen LogP contribution in [0, 0.1) is 11.7 Å². The fourth-order valence-corrected chi connectivity index (χ4v) is 4.03. The Kier molecular flexibility index (Phi) is 6.10. The molecule has 5 nitrogen and oxygen atoms in total. The number of nitrogens with one attached hydrogen (secondary N) is 2. The molecule has 0 saturated heterocycles. The van der Waals surface area contributed by atoms with Crippen LogP contribution in [0.5, 0.6) is 0 Å². The molecule has 1 unspecified atom stereocenters. The van der Waals surface area contributed by atoms with Gasteiger partial charge in [-0.3, -0.25) is 14.8 Å². The van der Waals surface area contributed by atoms with E-state index < -0.39 is 23.9 Å². The highest BCUT2D eigenvalue weighted by molar-refractivity contribution is 6.19. The summed E-state index contributed by atoms with van der Waals surface area (Å²) in [5, 5.41) is 6.18. The molecule has 1 amide bonds. The van der Waals surface area contributed by atoms with Gasteiger partial charge in [0.2, 0.25) is 0 Å². The molecule has 2 aliphatic rings. The van der Waals surface area contributed by atoms with Crippen LogP contribution >= 0.6 is 0 Å². The molecule has 2 N–H and O–H groups in total. The first-order valence-electron chi connectivity index (χ1n) is 10.8. The van der Waals surface area contributed by atoms with Crippen LogP contribution in [-0.4, -0.2) is 23.0 Å². The molecule has 172 valence electrons. The highest BCUT2D eigenvalue weighted by atomic mass is 19.3. The number of aliphatic imine (C=N–C) groups is 1. The quantitative estimate of drug-likeness (QED) is 0.673. The van der Waals surface area contributed by atoms with Gasteiger partial charge in [-0.1, -0.05) is 32.1 Å². The number of pyridine rings is 1. The van der Waals surface area contributed by atoms with Crippen molar-refractivity contribution in [3.8, 4) is 0 Å². The molecule has 1 aromatic carbocycles. The highest BCUT2D eigenvalue weighted by Gasteiger charge is 2.40. The number of aromatic nitrogens is 1. The molecule has 1 atom stereocenters. The summed E-state index contributed by atoms with van der Waals surface area (Å²) >= 11 is 0. The summed E-state index contributed by atoms with van der Waals surface area (Å²) < 4.78 is 40.5. The van der Waals surface area contributed by atoms with E-state index in [0.29, 0.717) is 17.0 Å². The maximum Gasteiger partial charge on any atom is 0.259 e. The molecule has 0 bridgehead atoms. The van der Waals surface area contributed by atoms with Crippen LogP contribution in [0.4, 0.5) is 13.2 Å². The summed E-state index contributed by atoms with van der Waals surface area (Å²) in [5.41, 5.74) is 1.72. The number of amides is 1. The number of benzene rings is 1. The Balaban J connectivity index is 1.72. The summed E-state index contributed by atoms with van der Waals surface area (Å²) in [6.45, 7) is 3.96. The Morgan fingerprint density at radius 2 is 1.94 bits per heavy atom. The van der Waals surface area contributed by atoms with Crippen molar-refractivity contribution in [3.05, 3.63) is 83.1 Å². The van der Waals surface area contributed by atoms with E-state index in [2.05, 4.69) is 15.6 Å². The second kappa shape index (κ2) is 8.84. The first-order valence-corrected chi connectivity index (χ1v) is 10.8. The van der Waals surface area contributed by atoms with Gasteiger partial charge < -0.3 is 10.6 Å². The van der Waals surface area contributed by atoms with Gasteiger partial charge in [0.05, 0.1) is 11.3 Å². The molecule has 2 heterocycles. The molecule has 33 heavy (non-hydrogen) atoms. The number of halogens is 3. The van der Waals surface area contributed by atoms with E-state index in [4.69, 9.17) is 4.99 Å². The van der Waals surface area contributed by atoms with E-state index in [9.17, 15) is 18.0 Å². The largest absolute Gasteiger partial charge is 0.356 e. The van der Waals surface area contributed by atoms with Gasteiger partial charge in [-0.15, -0.1) is 0 Å². The van der Waals surface area contributed by atoms with Crippen molar-refractivity contribution in [3.63, 3.8) is 0 Å². The summed E-state index contributed by atoms with van der Waals surface area (Å²) in [6.07, 6.45) is 5.51. The molecular weight excluding hydrogens is 429 g/mol. The van der Waals surface area contributed by atoms with E-state index in [1.807, 2.05) is 19.9 Å². The topological polar surface area (TPSA) is 66.4 Å². The standard InChI is InChI=1S/C25H25F3N4O/c1-16(2)25(18-5-7-19(26)8-6-18)30-15-21(22(32-25)17-4-3-13-29-14-17)23(33)31-20-9-11-24(27,28)12-10-20/h3-9,13-16,32H,10-12H2,1-2H3,(H,31,33). The molecule has 0 fully saturated rings. The van der Waals surface area contributed by atoms with E-state index in [-0.39, 0.29) is 30.1 Å². The number of rotatable bonds is 5. The van der Waals surface area contributed by atoms with Crippen LogP contribution in [-0.2, 0) is 10.5 Å². The number of allylic oxidation sites excluding steroid dienone is 2. The maximum absolute atomic E-state index is 13.6. The van der Waals surface area contributed by atoms with Gasteiger partial charge in [0, 0.05) is 48.6 Å². The molecule has 1 aromatic heterocycles. The smallest absolute Gasteiger partial charge is 0.259 e. The number of alkyl halides is 2. The Morgan fingerprint density at radius 3 is 2.55 bits per heavy atom. The van der Waals surface area contributed by atoms with Crippen LogP contribution in [0.25, 0.3) is 5.70 Å². The Hall–Kier alpha value is -3.42. The number of hydrogen-bond donors (Lipinski definition) is 2. The second-order valence-corrected chi connectivity index (χ2v) is 8.59. The predicted molar refractivity (Wildman–Crippen MR) is 121 cm³/mol. The molecule has 0 saturated carbocycles. The second-order valence-electron chi connectivity index (χ2n) is 8.59. The summed E-state index contributed by atoms with van der Waals surface area (Å²) in [4.78, 5) is 22.1. The lowest BCUT2D eigenvalue weighted by molar-refractivity contribution is -0.116. The fraction of sp³-hybridized carbons (Fsp3) is 0.320. The van der Waals surface area contributed by atoms with Crippen LogP contribution in [0.3, 0.4) is 0 Å². The molecular formula is C25H25F3N4O. The maximum atomic E-state index is 13.6. The number of carbonyl (C=O) groups excluding carboxylic acids is 1. The van der Waals surface area contributed by atoms with Gasteiger partial charge in [0.25, 0.3) is 11.8 Å². The van der Waals surface area contributed by atoms with Crippen LogP contribution in [0.15, 0.2) is 71.1 Å². The van der Waals surface area contributed by atoms with Crippen molar-refractivity contribution in [2.75, 3.05) is 0 Å².